The predicted molar refractivity (Wildman–Crippen MR) is 137 cm³/mol. The molecule has 2 aromatic heterocycles. The number of hydrogen-bond acceptors (Lipinski definition) is 5. The molecule has 1 saturated heterocycles. The summed E-state index contributed by atoms with van der Waals surface area (Å²) in [6, 6.07) is 16.4. The molecule has 0 spiro atoms. The van der Waals surface area contributed by atoms with Gasteiger partial charge in [-0.05, 0) is 48.5 Å². The van der Waals surface area contributed by atoms with Crippen molar-refractivity contribution < 1.29 is 0 Å². The Morgan fingerprint density at radius 3 is 2.76 bits per heavy atom. The summed E-state index contributed by atoms with van der Waals surface area (Å²) in [5.74, 6) is 0. The van der Waals surface area contributed by atoms with Crippen molar-refractivity contribution in [2.75, 3.05) is 49.5 Å². The van der Waals surface area contributed by atoms with Gasteiger partial charge in [-0.2, -0.15) is 0 Å². The molecule has 2 N–H and O–H groups in total. The number of aromatic nitrogens is 3. The van der Waals surface area contributed by atoms with E-state index in [0.717, 1.165) is 67.1 Å². The number of halogens is 1. The first-order valence-corrected chi connectivity index (χ1v) is 11.7. The van der Waals surface area contributed by atoms with Crippen LogP contribution in [-0.2, 0) is 0 Å². The second-order valence-electron chi connectivity index (χ2n) is 8.48. The van der Waals surface area contributed by atoms with Crippen molar-refractivity contribution in [3.05, 3.63) is 72.1 Å². The zero-order valence-electron chi connectivity index (χ0n) is 18.3. The lowest BCUT2D eigenvalue weighted by atomic mass is 10.1. The largest absolute Gasteiger partial charge is 0.383 e. The SMILES string of the molecule is Clc1ccc2c(NCCN3CCN(c4c5ccc[nH]c-5c5ncccc45)CC3)ccnc2c1. The van der Waals surface area contributed by atoms with Crippen molar-refractivity contribution in [3.8, 4) is 11.3 Å². The molecule has 2 aliphatic heterocycles. The summed E-state index contributed by atoms with van der Waals surface area (Å²) in [5.41, 5.74) is 6.77. The van der Waals surface area contributed by atoms with E-state index >= 15 is 0 Å². The van der Waals surface area contributed by atoms with Gasteiger partial charge in [-0.3, -0.25) is 14.9 Å². The normalized spacial score (nSPS) is 15.0. The van der Waals surface area contributed by atoms with Crippen LogP contribution in [0.2, 0.25) is 5.02 Å². The molecule has 33 heavy (non-hydrogen) atoms. The third-order valence-electron chi connectivity index (χ3n) is 6.55. The molecule has 6 rings (SSSR count). The minimum Gasteiger partial charge on any atom is -0.383 e. The van der Waals surface area contributed by atoms with Gasteiger partial charge in [-0.1, -0.05) is 11.6 Å². The number of H-pyrrole nitrogens is 1. The molecule has 7 heteroatoms. The van der Waals surface area contributed by atoms with E-state index in [9.17, 15) is 0 Å². The van der Waals surface area contributed by atoms with Gasteiger partial charge in [-0.25, -0.2) is 0 Å². The summed E-state index contributed by atoms with van der Waals surface area (Å²) < 4.78 is 0. The molecule has 0 saturated carbocycles. The Morgan fingerprint density at radius 1 is 0.939 bits per heavy atom. The van der Waals surface area contributed by atoms with E-state index in [1.807, 2.05) is 48.9 Å². The molecular formula is C26H25ClN6. The molecule has 0 unspecified atom stereocenters. The van der Waals surface area contributed by atoms with Crippen molar-refractivity contribution >= 4 is 44.8 Å². The molecule has 3 aliphatic rings. The third-order valence-corrected chi connectivity index (χ3v) is 6.78. The number of hydrogen-bond donors (Lipinski definition) is 2. The summed E-state index contributed by atoms with van der Waals surface area (Å²) in [6.07, 6.45) is 5.68. The Kier molecular flexibility index (Phi) is 5.24. The zero-order chi connectivity index (χ0) is 22.2. The molecule has 0 bridgehead atoms. The fraction of sp³-hybridized carbons (Fsp3) is 0.231. The highest BCUT2D eigenvalue weighted by Crippen LogP contribution is 2.42. The van der Waals surface area contributed by atoms with Gasteiger partial charge in [0, 0.05) is 84.9 Å². The summed E-state index contributed by atoms with van der Waals surface area (Å²) in [7, 11) is 0. The van der Waals surface area contributed by atoms with E-state index < -0.39 is 0 Å². The number of nitrogens with zero attached hydrogens (tertiary/aromatic N) is 4. The Bertz CT molecular complexity index is 1390. The Labute approximate surface area is 197 Å². The second kappa shape index (κ2) is 8.54. The van der Waals surface area contributed by atoms with Crippen LogP contribution < -0.4 is 10.2 Å². The third kappa shape index (κ3) is 3.75. The Morgan fingerprint density at radius 2 is 1.85 bits per heavy atom. The molecule has 3 aromatic rings. The maximum atomic E-state index is 6.11. The van der Waals surface area contributed by atoms with Crippen LogP contribution in [0.25, 0.3) is 33.1 Å². The van der Waals surface area contributed by atoms with Crippen LogP contribution in [0.15, 0.2) is 67.1 Å². The maximum Gasteiger partial charge on any atom is 0.0964 e. The number of rotatable bonds is 5. The van der Waals surface area contributed by atoms with Gasteiger partial charge in [0.05, 0.1) is 22.4 Å². The Hall–Kier alpha value is -3.35. The minimum absolute atomic E-state index is 0.712. The van der Waals surface area contributed by atoms with Crippen LogP contribution in [0.4, 0.5) is 11.4 Å². The van der Waals surface area contributed by atoms with Gasteiger partial charge in [0.25, 0.3) is 0 Å². The molecule has 1 aromatic carbocycles. The quantitative estimate of drug-likeness (QED) is 0.385. The average molecular weight is 457 g/mol. The smallest absolute Gasteiger partial charge is 0.0964 e. The van der Waals surface area contributed by atoms with Crippen LogP contribution in [0.3, 0.4) is 0 Å². The van der Waals surface area contributed by atoms with Crippen LogP contribution in [0, 0.1) is 0 Å². The van der Waals surface area contributed by atoms with Crippen molar-refractivity contribution in [1.82, 2.24) is 19.9 Å². The van der Waals surface area contributed by atoms with E-state index in [1.165, 1.54) is 16.6 Å². The van der Waals surface area contributed by atoms with Gasteiger partial charge < -0.3 is 15.2 Å². The van der Waals surface area contributed by atoms with Gasteiger partial charge in [0.1, 0.15) is 0 Å². The second-order valence-corrected chi connectivity index (χ2v) is 8.92. The van der Waals surface area contributed by atoms with Crippen LogP contribution in [0.1, 0.15) is 0 Å². The molecule has 6 nitrogen and oxygen atoms in total. The van der Waals surface area contributed by atoms with Gasteiger partial charge in [-0.15, -0.1) is 0 Å². The number of fused-ring (bicyclic) bond motifs is 4. The van der Waals surface area contributed by atoms with Crippen LogP contribution >= 0.6 is 11.6 Å². The van der Waals surface area contributed by atoms with Crippen molar-refractivity contribution in [2.45, 2.75) is 0 Å². The lowest BCUT2D eigenvalue weighted by molar-refractivity contribution is 0.267. The number of benzene rings is 1. The van der Waals surface area contributed by atoms with E-state index in [4.69, 9.17) is 11.6 Å². The van der Waals surface area contributed by atoms with E-state index in [-0.39, 0.29) is 0 Å². The highest BCUT2D eigenvalue weighted by molar-refractivity contribution is 6.31. The molecule has 1 aliphatic carbocycles. The summed E-state index contributed by atoms with van der Waals surface area (Å²) in [5, 5.41) is 6.64. The standard InChI is InChI=1S/C26H25ClN6/c27-18-5-6-19-22(7-10-28-23(19)17-18)29-11-12-32-13-15-33(16-14-32)26-20-3-1-8-30-24(20)25-21(26)4-2-9-31-25/h1-10,17,30H,11-16H2,(H,28,29). The number of nitrogens with one attached hydrogen (secondary N) is 2. The first-order valence-electron chi connectivity index (χ1n) is 11.4. The van der Waals surface area contributed by atoms with E-state index in [2.05, 4.69) is 48.3 Å². The molecule has 0 radical (unpaired) electrons. The minimum atomic E-state index is 0.712. The molecular weight excluding hydrogens is 432 g/mol. The van der Waals surface area contributed by atoms with Crippen LogP contribution in [-0.4, -0.2) is 59.1 Å². The predicted octanol–water partition coefficient (Wildman–Crippen LogP) is 5.10. The molecule has 1 fully saturated rings. The summed E-state index contributed by atoms with van der Waals surface area (Å²) in [4.78, 5) is 17.5. The highest BCUT2D eigenvalue weighted by Gasteiger charge is 2.25. The first-order chi connectivity index (χ1) is 16.3. The monoisotopic (exact) mass is 456 g/mol. The highest BCUT2D eigenvalue weighted by atomic mass is 35.5. The van der Waals surface area contributed by atoms with E-state index in [1.54, 1.807) is 0 Å². The zero-order valence-corrected chi connectivity index (χ0v) is 19.0. The van der Waals surface area contributed by atoms with Gasteiger partial charge in [0.2, 0.25) is 0 Å². The lowest BCUT2D eigenvalue weighted by Crippen LogP contribution is -2.47. The molecule has 0 atom stereocenters. The summed E-state index contributed by atoms with van der Waals surface area (Å²) >= 11 is 6.11. The molecule has 166 valence electrons. The number of aromatic amines is 1. The number of anilines is 2. The maximum absolute atomic E-state index is 6.11. The molecule has 0 amide bonds. The Balaban J connectivity index is 1.12. The fourth-order valence-corrected chi connectivity index (χ4v) is 5.10. The van der Waals surface area contributed by atoms with Crippen molar-refractivity contribution in [2.24, 2.45) is 0 Å². The van der Waals surface area contributed by atoms with Gasteiger partial charge >= 0.3 is 0 Å². The topological polar surface area (TPSA) is 60.1 Å². The fourth-order valence-electron chi connectivity index (χ4n) is 4.93. The number of piperazine rings is 1. The van der Waals surface area contributed by atoms with E-state index in [0.29, 0.717) is 5.02 Å². The lowest BCUT2D eigenvalue weighted by Gasteiger charge is -2.36. The van der Waals surface area contributed by atoms with Crippen LogP contribution in [0.5, 0.6) is 0 Å². The van der Waals surface area contributed by atoms with Gasteiger partial charge in [0.15, 0.2) is 0 Å². The first kappa shape index (κ1) is 20.3. The molecule has 4 heterocycles. The summed E-state index contributed by atoms with van der Waals surface area (Å²) in [6.45, 7) is 5.99. The number of pyridine rings is 3. The van der Waals surface area contributed by atoms with Crippen molar-refractivity contribution in [3.63, 3.8) is 0 Å². The van der Waals surface area contributed by atoms with Crippen molar-refractivity contribution in [1.29, 1.82) is 0 Å². The average Bonchev–Trinajstić information content (AvgIpc) is 3.19.